The van der Waals surface area contributed by atoms with Gasteiger partial charge < -0.3 is 9.72 Å². The van der Waals surface area contributed by atoms with E-state index in [1.165, 1.54) is 29.8 Å². The molecule has 0 spiro atoms. The number of carbonyl (C=O) groups excluding carboxylic acids is 1. The lowest BCUT2D eigenvalue weighted by Gasteiger charge is -2.01. The number of hydrogen-bond acceptors (Lipinski definition) is 4. The zero-order valence-corrected chi connectivity index (χ0v) is 12.5. The van der Waals surface area contributed by atoms with Crippen LogP contribution in [0.1, 0.15) is 12.0 Å². The van der Waals surface area contributed by atoms with E-state index in [9.17, 15) is 4.79 Å². The number of para-hydroxylation sites is 1. The number of aryl methyl sites for hydroxylation is 1. The van der Waals surface area contributed by atoms with E-state index in [0.29, 0.717) is 11.6 Å². The quantitative estimate of drug-likeness (QED) is 0.407. The number of nitrogens with zero attached hydrogens (tertiary/aromatic N) is 1. The maximum absolute atomic E-state index is 11.4. The summed E-state index contributed by atoms with van der Waals surface area (Å²) in [6.07, 6.45) is 5.72. The third-order valence-electron chi connectivity index (χ3n) is 3.09. The lowest BCUT2D eigenvalue weighted by Crippen LogP contribution is -2.12. The van der Waals surface area contributed by atoms with E-state index in [-0.39, 0.29) is 5.97 Å². The van der Waals surface area contributed by atoms with Crippen LogP contribution in [0.4, 0.5) is 0 Å². The number of aliphatic imine (C=N–C) groups is 1. The number of ether oxygens (including phenoxy) is 1. The van der Waals surface area contributed by atoms with Gasteiger partial charge in [-0.25, -0.2) is 4.79 Å². The Morgan fingerprint density at radius 3 is 2.95 bits per heavy atom. The number of rotatable bonds is 4. The van der Waals surface area contributed by atoms with Gasteiger partial charge in [0, 0.05) is 23.6 Å². The number of thioether (sulfide) groups is 1. The fourth-order valence-electron chi connectivity index (χ4n) is 2.09. The number of nitrogens with one attached hydrogen (secondary N) is 1. The summed E-state index contributed by atoms with van der Waals surface area (Å²) in [5.41, 5.74) is 2.45. The van der Waals surface area contributed by atoms with E-state index < -0.39 is 0 Å². The molecule has 0 bridgehead atoms. The Balaban J connectivity index is 1.93. The van der Waals surface area contributed by atoms with Crippen molar-refractivity contribution in [3.05, 3.63) is 36.0 Å². The molecule has 1 aromatic carbocycles. The number of aromatic nitrogens is 1. The van der Waals surface area contributed by atoms with Gasteiger partial charge in [-0.05, 0) is 30.7 Å². The minimum atomic E-state index is -0.357. The molecule has 0 aliphatic rings. The molecule has 2 rings (SSSR count). The topological polar surface area (TPSA) is 54.4 Å². The number of carbonyl (C=O) groups is 1. The molecule has 1 aromatic heterocycles. The van der Waals surface area contributed by atoms with Crippen LogP contribution in [0.5, 0.6) is 0 Å². The predicted octanol–water partition coefficient (Wildman–Crippen LogP) is 3.04. The Kier molecular flexibility index (Phi) is 5.24. The lowest BCUT2D eigenvalue weighted by molar-refractivity contribution is -0.132. The minimum Gasteiger partial charge on any atom is -0.464 e. The second kappa shape index (κ2) is 7.14. The SMILES string of the molecule is COC(=O)C(=NCCCc1c[nH]c2ccccc12)SC. The van der Waals surface area contributed by atoms with Crippen LogP contribution in [0.25, 0.3) is 10.9 Å². The first-order valence-corrected chi connectivity index (χ1v) is 7.70. The molecule has 0 saturated heterocycles. The average molecular weight is 290 g/mol. The minimum absolute atomic E-state index is 0.357. The van der Waals surface area contributed by atoms with E-state index in [4.69, 9.17) is 0 Å². The molecule has 20 heavy (non-hydrogen) atoms. The largest absolute Gasteiger partial charge is 0.464 e. The predicted molar refractivity (Wildman–Crippen MR) is 84.5 cm³/mol. The van der Waals surface area contributed by atoms with Gasteiger partial charge in [0.2, 0.25) is 0 Å². The van der Waals surface area contributed by atoms with Crippen molar-refractivity contribution in [2.75, 3.05) is 19.9 Å². The first-order valence-electron chi connectivity index (χ1n) is 6.48. The van der Waals surface area contributed by atoms with Crippen molar-refractivity contribution in [1.82, 2.24) is 4.98 Å². The van der Waals surface area contributed by atoms with Crippen LogP contribution >= 0.6 is 11.8 Å². The van der Waals surface area contributed by atoms with Crippen molar-refractivity contribution in [3.63, 3.8) is 0 Å². The second-order valence-electron chi connectivity index (χ2n) is 4.35. The fraction of sp³-hybridized carbons (Fsp3) is 0.333. The highest BCUT2D eigenvalue weighted by Crippen LogP contribution is 2.18. The number of methoxy groups -OCH3 is 1. The molecule has 0 atom stereocenters. The summed E-state index contributed by atoms with van der Waals surface area (Å²) in [7, 11) is 1.38. The van der Waals surface area contributed by atoms with Crippen molar-refractivity contribution in [1.29, 1.82) is 0 Å². The smallest absolute Gasteiger partial charge is 0.362 e. The molecule has 0 aliphatic carbocycles. The first kappa shape index (κ1) is 14.7. The van der Waals surface area contributed by atoms with Crippen molar-refractivity contribution >= 4 is 33.7 Å². The molecule has 5 heteroatoms. The van der Waals surface area contributed by atoms with E-state index in [1.807, 2.05) is 24.6 Å². The molecule has 0 amide bonds. The van der Waals surface area contributed by atoms with Gasteiger partial charge >= 0.3 is 5.97 Å². The molecular formula is C15H18N2O2S. The van der Waals surface area contributed by atoms with E-state index >= 15 is 0 Å². The zero-order valence-electron chi connectivity index (χ0n) is 11.7. The molecule has 1 heterocycles. The summed E-state index contributed by atoms with van der Waals surface area (Å²) < 4.78 is 4.67. The standard InChI is InChI=1S/C15H18N2O2S/c1-19-15(18)14(20-2)16-9-5-6-11-10-17-13-8-4-3-7-12(11)13/h3-4,7-8,10,17H,5-6,9H2,1-2H3. The lowest BCUT2D eigenvalue weighted by atomic mass is 10.1. The number of fused-ring (bicyclic) bond motifs is 1. The highest BCUT2D eigenvalue weighted by atomic mass is 32.2. The van der Waals surface area contributed by atoms with Crippen molar-refractivity contribution in [2.45, 2.75) is 12.8 Å². The molecule has 2 aromatic rings. The third-order valence-corrected chi connectivity index (χ3v) is 3.77. The first-order chi connectivity index (χ1) is 9.76. The normalized spacial score (nSPS) is 11.8. The number of benzene rings is 1. The Hall–Kier alpha value is -1.75. The molecule has 0 saturated carbocycles. The van der Waals surface area contributed by atoms with Gasteiger partial charge in [-0.15, -0.1) is 11.8 Å². The van der Waals surface area contributed by atoms with Crippen molar-refractivity contribution in [3.8, 4) is 0 Å². The summed E-state index contributed by atoms with van der Waals surface area (Å²) in [5, 5.41) is 1.70. The van der Waals surface area contributed by atoms with E-state index in [0.717, 1.165) is 18.4 Å². The van der Waals surface area contributed by atoms with Crippen molar-refractivity contribution < 1.29 is 9.53 Å². The summed E-state index contributed by atoms with van der Waals surface area (Å²) in [6.45, 7) is 0.630. The summed E-state index contributed by atoms with van der Waals surface area (Å²) >= 11 is 1.32. The maximum atomic E-state index is 11.4. The van der Waals surface area contributed by atoms with Crippen LogP contribution in [0.2, 0.25) is 0 Å². The highest BCUT2D eigenvalue weighted by molar-refractivity contribution is 8.15. The van der Waals surface area contributed by atoms with Gasteiger partial charge in [-0.1, -0.05) is 18.2 Å². The van der Waals surface area contributed by atoms with Crippen LogP contribution in [-0.2, 0) is 16.0 Å². The average Bonchev–Trinajstić information content (AvgIpc) is 2.90. The summed E-state index contributed by atoms with van der Waals surface area (Å²) in [5.74, 6) is -0.357. The van der Waals surface area contributed by atoms with Gasteiger partial charge in [0.1, 0.15) is 0 Å². The maximum Gasteiger partial charge on any atom is 0.362 e. The number of H-pyrrole nitrogens is 1. The Morgan fingerprint density at radius 2 is 2.20 bits per heavy atom. The Labute approximate surface area is 122 Å². The number of esters is 1. The fourth-order valence-corrected chi connectivity index (χ4v) is 2.56. The van der Waals surface area contributed by atoms with Crippen LogP contribution in [0.15, 0.2) is 35.5 Å². The molecule has 1 N–H and O–H groups in total. The van der Waals surface area contributed by atoms with Gasteiger partial charge in [0.05, 0.1) is 7.11 Å². The van der Waals surface area contributed by atoms with Crippen LogP contribution in [0, 0.1) is 0 Å². The Bertz CT molecular complexity index is 619. The molecular weight excluding hydrogens is 272 g/mol. The van der Waals surface area contributed by atoms with Crippen LogP contribution in [-0.4, -0.2) is 35.9 Å². The van der Waals surface area contributed by atoms with Gasteiger partial charge in [-0.2, -0.15) is 0 Å². The molecule has 0 unspecified atom stereocenters. The number of aromatic amines is 1. The van der Waals surface area contributed by atoms with Gasteiger partial charge in [0.15, 0.2) is 5.04 Å². The van der Waals surface area contributed by atoms with Crippen LogP contribution in [0.3, 0.4) is 0 Å². The molecule has 0 aliphatic heterocycles. The highest BCUT2D eigenvalue weighted by Gasteiger charge is 2.09. The van der Waals surface area contributed by atoms with Crippen LogP contribution < -0.4 is 0 Å². The summed E-state index contributed by atoms with van der Waals surface area (Å²) in [6, 6.07) is 8.25. The zero-order chi connectivity index (χ0) is 14.4. The monoisotopic (exact) mass is 290 g/mol. The second-order valence-corrected chi connectivity index (χ2v) is 5.14. The van der Waals surface area contributed by atoms with Gasteiger partial charge in [-0.3, -0.25) is 4.99 Å². The molecule has 106 valence electrons. The third kappa shape index (κ3) is 3.42. The van der Waals surface area contributed by atoms with Gasteiger partial charge in [0.25, 0.3) is 0 Å². The molecule has 4 nitrogen and oxygen atoms in total. The summed E-state index contributed by atoms with van der Waals surface area (Å²) in [4.78, 5) is 18.9. The van der Waals surface area contributed by atoms with Crippen molar-refractivity contribution in [2.24, 2.45) is 4.99 Å². The van der Waals surface area contributed by atoms with E-state index in [2.05, 4.69) is 26.8 Å². The van der Waals surface area contributed by atoms with E-state index in [1.54, 1.807) is 0 Å². The Morgan fingerprint density at radius 1 is 1.40 bits per heavy atom. The number of hydrogen-bond donors (Lipinski definition) is 1. The molecule has 0 radical (unpaired) electrons. The molecule has 0 fully saturated rings.